The van der Waals surface area contributed by atoms with E-state index in [0.717, 1.165) is 11.3 Å². The molecule has 0 aromatic heterocycles. The standard InChI is InChI=1S/C19H22N2O4S/c1-3-13-21-26(23,24)18-10-6-16(7-11-18)19(22)20-14-12-15-4-8-17(25-2)9-5-15/h3-11,21H,1,12-14H2,2H3,(H,20,22). The lowest BCUT2D eigenvalue weighted by molar-refractivity contribution is 0.0954. The Kier molecular flexibility index (Phi) is 6.94. The van der Waals surface area contributed by atoms with Crippen molar-refractivity contribution in [3.8, 4) is 5.75 Å². The fraction of sp³-hybridized carbons (Fsp3) is 0.211. The Morgan fingerprint density at radius 2 is 1.77 bits per heavy atom. The van der Waals surface area contributed by atoms with Crippen LogP contribution in [0.2, 0.25) is 0 Å². The van der Waals surface area contributed by atoms with Gasteiger partial charge in [0.1, 0.15) is 5.75 Å². The molecule has 2 aromatic rings. The van der Waals surface area contributed by atoms with Crippen molar-refractivity contribution in [1.82, 2.24) is 10.0 Å². The van der Waals surface area contributed by atoms with Crippen LogP contribution in [0.25, 0.3) is 0 Å². The summed E-state index contributed by atoms with van der Waals surface area (Å²) in [5.41, 5.74) is 1.49. The summed E-state index contributed by atoms with van der Waals surface area (Å²) in [6.45, 7) is 4.09. The Labute approximate surface area is 153 Å². The highest BCUT2D eigenvalue weighted by atomic mass is 32.2. The number of benzene rings is 2. The number of carbonyl (C=O) groups excluding carboxylic acids is 1. The number of ether oxygens (including phenoxy) is 1. The Morgan fingerprint density at radius 3 is 2.35 bits per heavy atom. The maximum Gasteiger partial charge on any atom is 0.251 e. The molecular weight excluding hydrogens is 352 g/mol. The average Bonchev–Trinajstić information content (AvgIpc) is 2.67. The van der Waals surface area contributed by atoms with Gasteiger partial charge in [-0.2, -0.15) is 0 Å². The monoisotopic (exact) mass is 374 g/mol. The number of sulfonamides is 1. The molecule has 0 fully saturated rings. The van der Waals surface area contributed by atoms with E-state index >= 15 is 0 Å². The van der Waals surface area contributed by atoms with Gasteiger partial charge in [0.25, 0.3) is 5.91 Å². The zero-order valence-electron chi connectivity index (χ0n) is 14.6. The summed E-state index contributed by atoms with van der Waals surface area (Å²) in [6.07, 6.45) is 2.15. The van der Waals surface area contributed by atoms with Crippen molar-refractivity contribution >= 4 is 15.9 Å². The summed E-state index contributed by atoms with van der Waals surface area (Å²) < 4.78 is 31.4. The summed E-state index contributed by atoms with van der Waals surface area (Å²) in [7, 11) is -1.97. The largest absolute Gasteiger partial charge is 0.497 e. The average molecular weight is 374 g/mol. The second-order valence-corrected chi connectivity index (χ2v) is 7.29. The fourth-order valence-corrected chi connectivity index (χ4v) is 3.25. The molecule has 0 radical (unpaired) electrons. The number of hydrogen-bond acceptors (Lipinski definition) is 4. The lowest BCUT2D eigenvalue weighted by atomic mass is 10.1. The van der Waals surface area contributed by atoms with E-state index in [4.69, 9.17) is 4.74 Å². The normalized spacial score (nSPS) is 11.0. The highest BCUT2D eigenvalue weighted by molar-refractivity contribution is 7.89. The first-order valence-corrected chi connectivity index (χ1v) is 9.56. The van der Waals surface area contributed by atoms with Gasteiger partial charge in [-0.3, -0.25) is 4.79 Å². The van der Waals surface area contributed by atoms with Gasteiger partial charge in [-0.15, -0.1) is 6.58 Å². The first kappa shape index (κ1) is 19.7. The van der Waals surface area contributed by atoms with Crippen molar-refractivity contribution in [2.24, 2.45) is 0 Å². The quantitative estimate of drug-likeness (QED) is 0.659. The van der Waals surface area contributed by atoms with E-state index in [1.165, 1.54) is 30.3 Å². The Bertz CT molecular complexity index is 844. The van der Waals surface area contributed by atoms with Gasteiger partial charge in [-0.05, 0) is 48.4 Å². The molecule has 2 rings (SSSR count). The van der Waals surface area contributed by atoms with Crippen LogP contribution in [0, 0.1) is 0 Å². The molecule has 0 saturated heterocycles. The molecule has 7 heteroatoms. The van der Waals surface area contributed by atoms with Crippen LogP contribution >= 0.6 is 0 Å². The molecule has 0 bridgehead atoms. The second kappa shape index (κ2) is 9.17. The van der Waals surface area contributed by atoms with Crippen molar-refractivity contribution in [3.63, 3.8) is 0 Å². The van der Waals surface area contributed by atoms with Crippen molar-refractivity contribution in [3.05, 3.63) is 72.3 Å². The van der Waals surface area contributed by atoms with Crippen molar-refractivity contribution in [2.45, 2.75) is 11.3 Å². The highest BCUT2D eigenvalue weighted by Gasteiger charge is 2.13. The van der Waals surface area contributed by atoms with Crippen LogP contribution in [0.4, 0.5) is 0 Å². The Hall–Kier alpha value is -2.64. The van der Waals surface area contributed by atoms with Gasteiger partial charge in [0.2, 0.25) is 10.0 Å². The molecule has 0 spiro atoms. The molecule has 2 aromatic carbocycles. The molecule has 26 heavy (non-hydrogen) atoms. The first-order valence-electron chi connectivity index (χ1n) is 8.08. The number of amides is 1. The van der Waals surface area contributed by atoms with Gasteiger partial charge in [0.05, 0.1) is 12.0 Å². The van der Waals surface area contributed by atoms with Gasteiger partial charge in [-0.1, -0.05) is 18.2 Å². The molecule has 0 aliphatic carbocycles. The zero-order valence-corrected chi connectivity index (χ0v) is 15.4. The van der Waals surface area contributed by atoms with E-state index in [2.05, 4.69) is 16.6 Å². The minimum Gasteiger partial charge on any atom is -0.497 e. The number of rotatable bonds is 9. The van der Waals surface area contributed by atoms with Gasteiger partial charge >= 0.3 is 0 Å². The fourth-order valence-electron chi connectivity index (χ4n) is 2.25. The lowest BCUT2D eigenvalue weighted by Gasteiger charge is -2.08. The number of methoxy groups -OCH3 is 1. The first-order chi connectivity index (χ1) is 12.5. The van der Waals surface area contributed by atoms with E-state index in [1.807, 2.05) is 24.3 Å². The van der Waals surface area contributed by atoms with Gasteiger partial charge in [0, 0.05) is 18.7 Å². The van der Waals surface area contributed by atoms with E-state index in [0.29, 0.717) is 18.5 Å². The Morgan fingerprint density at radius 1 is 1.12 bits per heavy atom. The highest BCUT2D eigenvalue weighted by Crippen LogP contribution is 2.12. The van der Waals surface area contributed by atoms with E-state index < -0.39 is 10.0 Å². The van der Waals surface area contributed by atoms with Crippen molar-refractivity contribution in [1.29, 1.82) is 0 Å². The SMILES string of the molecule is C=CCNS(=O)(=O)c1ccc(C(=O)NCCc2ccc(OC)cc2)cc1. The predicted octanol–water partition coefficient (Wildman–Crippen LogP) is 2.13. The van der Waals surface area contributed by atoms with E-state index in [-0.39, 0.29) is 17.3 Å². The van der Waals surface area contributed by atoms with E-state index in [1.54, 1.807) is 7.11 Å². The molecule has 0 atom stereocenters. The second-order valence-electron chi connectivity index (χ2n) is 5.52. The van der Waals surface area contributed by atoms with Crippen molar-refractivity contribution < 1.29 is 17.9 Å². The van der Waals surface area contributed by atoms with Crippen LogP contribution in [0.15, 0.2) is 66.1 Å². The van der Waals surface area contributed by atoms with Crippen LogP contribution in [-0.2, 0) is 16.4 Å². The summed E-state index contributed by atoms with van der Waals surface area (Å²) in [4.78, 5) is 12.3. The third-order valence-electron chi connectivity index (χ3n) is 3.70. The minimum absolute atomic E-state index is 0.106. The third kappa shape index (κ3) is 5.44. The molecule has 0 saturated carbocycles. The Balaban J connectivity index is 1.90. The number of carbonyl (C=O) groups is 1. The van der Waals surface area contributed by atoms with Gasteiger partial charge in [0.15, 0.2) is 0 Å². The molecule has 6 nitrogen and oxygen atoms in total. The smallest absolute Gasteiger partial charge is 0.251 e. The van der Waals surface area contributed by atoms with E-state index in [9.17, 15) is 13.2 Å². The van der Waals surface area contributed by atoms with Crippen LogP contribution in [-0.4, -0.2) is 34.5 Å². The topological polar surface area (TPSA) is 84.5 Å². The molecular formula is C19H22N2O4S. The van der Waals surface area contributed by atoms with Crippen LogP contribution in [0.1, 0.15) is 15.9 Å². The molecule has 138 valence electrons. The third-order valence-corrected chi connectivity index (χ3v) is 5.14. The van der Waals surface area contributed by atoms with Crippen LogP contribution in [0.5, 0.6) is 5.75 Å². The van der Waals surface area contributed by atoms with Crippen molar-refractivity contribution in [2.75, 3.05) is 20.2 Å². The zero-order chi connectivity index (χ0) is 19.0. The summed E-state index contributed by atoms with van der Waals surface area (Å²) >= 11 is 0. The molecule has 0 aliphatic heterocycles. The number of hydrogen-bond donors (Lipinski definition) is 2. The number of nitrogens with one attached hydrogen (secondary N) is 2. The predicted molar refractivity (Wildman–Crippen MR) is 101 cm³/mol. The molecule has 1 amide bonds. The summed E-state index contributed by atoms with van der Waals surface area (Å²) in [5.74, 6) is 0.539. The summed E-state index contributed by atoms with van der Waals surface area (Å²) in [5, 5.41) is 2.82. The lowest BCUT2D eigenvalue weighted by Crippen LogP contribution is -2.26. The summed E-state index contributed by atoms with van der Waals surface area (Å²) in [6, 6.07) is 13.4. The van der Waals surface area contributed by atoms with Gasteiger partial charge < -0.3 is 10.1 Å². The van der Waals surface area contributed by atoms with Crippen LogP contribution in [0.3, 0.4) is 0 Å². The molecule has 0 aliphatic rings. The molecule has 0 unspecified atom stereocenters. The van der Waals surface area contributed by atoms with Crippen LogP contribution < -0.4 is 14.8 Å². The van der Waals surface area contributed by atoms with Gasteiger partial charge in [-0.25, -0.2) is 13.1 Å². The maximum absolute atomic E-state index is 12.2. The maximum atomic E-state index is 12.2. The molecule has 0 heterocycles. The molecule has 2 N–H and O–H groups in total. The minimum atomic E-state index is -3.59.